The van der Waals surface area contributed by atoms with E-state index >= 15 is 0 Å². The van der Waals surface area contributed by atoms with Gasteiger partial charge in [-0.3, -0.25) is 4.79 Å². The van der Waals surface area contributed by atoms with Gasteiger partial charge < -0.3 is 20.4 Å². The zero-order valence-electron chi connectivity index (χ0n) is 17.3. The Hall–Kier alpha value is -2.53. The van der Waals surface area contributed by atoms with E-state index in [9.17, 15) is 4.79 Å². The molecule has 28 heavy (non-hydrogen) atoms. The topological polar surface area (TPSA) is 47.6 Å². The van der Waals surface area contributed by atoms with Crippen molar-refractivity contribution in [1.82, 2.24) is 4.90 Å². The number of carbonyl (C=O) groups excluding carboxylic acids is 1. The van der Waals surface area contributed by atoms with Gasteiger partial charge in [0.15, 0.2) is 0 Å². The van der Waals surface area contributed by atoms with Crippen LogP contribution in [-0.2, 0) is 11.2 Å². The summed E-state index contributed by atoms with van der Waals surface area (Å²) < 4.78 is 0. The van der Waals surface area contributed by atoms with E-state index in [2.05, 4.69) is 64.7 Å². The van der Waals surface area contributed by atoms with Crippen LogP contribution in [-0.4, -0.2) is 50.6 Å². The molecule has 0 spiro atoms. The lowest BCUT2D eigenvalue weighted by Crippen LogP contribution is -2.44. The molecule has 2 aromatic rings. The van der Waals surface area contributed by atoms with E-state index in [1.54, 1.807) is 0 Å². The lowest BCUT2D eigenvalue weighted by Gasteiger charge is -2.34. The predicted molar refractivity (Wildman–Crippen MR) is 118 cm³/mol. The van der Waals surface area contributed by atoms with Crippen molar-refractivity contribution >= 4 is 23.0 Å². The molecule has 0 saturated carbocycles. The first-order valence-corrected chi connectivity index (χ1v) is 10.2. The van der Waals surface area contributed by atoms with Gasteiger partial charge in [-0.25, -0.2) is 0 Å². The number of benzene rings is 2. The number of nitrogens with zero attached hydrogens (tertiary/aromatic N) is 2. The fraction of sp³-hybridized carbons (Fsp3) is 0.435. The van der Waals surface area contributed by atoms with Crippen LogP contribution in [0.5, 0.6) is 0 Å². The van der Waals surface area contributed by atoms with Crippen molar-refractivity contribution in [3.05, 3.63) is 53.6 Å². The van der Waals surface area contributed by atoms with Crippen LogP contribution in [0.25, 0.3) is 0 Å². The highest BCUT2D eigenvalue weighted by molar-refractivity contribution is 5.92. The molecule has 5 nitrogen and oxygen atoms in total. The van der Waals surface area contributed by atoms with Gasteiger partial charge >= 0.3 is 0 Å². The third kappa shape index (κ3) is 5.26. The van der Waals surface area contributed by atoms with E-state index < -0.39 is 0 Å². The molecule has 0 aliphatic carbocycles. The molecule has 1 aliphatic heterocycles. The quantitative estimate of drug-likeness (QED) is 0.768. The molecule has 2 N–H and O–H groups in total. The van der Waals surface area contributed by atoms with E-state index in [0.29, 0.717) is 13.0 Å². The Morgan fingerprint density at radius 2 is 1.75 bits per heavy atom. The molecule has 0 bridgehead atoms. The van der Waals surface area contributed by atoms with Gasteiger partial charge in [0.05, 0.1) is 0 Å². The van der Waals surface area contributed by atoms with Crippen LogP contribution in [0.4, 0.5) is 17.1 Å². The number of hydrogen-bond donors (Lipinski definition) is 2. The van der Waals surface area contributed by atoms with E-state index in [0.717, 1.165) is 49.5 Å². The average Bonchev–Trinajstić information content (AvgIpc) is 2.71. The van der Waals surface area contributed by atoms with Gasteiger partial charge in [0, 0.05) is 56.2 Å². The Morgan fingerprint density at radius 1 is 1.04 bits per heavy atom. The first-order valence-electron chi connectivity index (χ1n) is 10.2. The van der Waals surface area contributed by atoms with E-state index in [1.165, 1.54) is 11.3 Å². The SMILES string of the molecule is CCc1cccc(C)c1NC(=O)CCNc1ccc(N2CCN(C)CC2)cc1. The second kappa shape index (κ2) is 9.60. The fourth-order valence-electron chi connectivity index (χ4n) is 3.58. The van der Waals surface area contributed by atoms with Crippen molar-refractivity contribution in [2.45, 2.75) is 26.7 Å². The summed E-state index contributed by atoms with van der Waals surface area (Å²) in [6.45, 7) is 9.12. The first kappa shape index (κ1) is 20.2. The third-order valence-electron chi connectivity index (χ3n) is 5.42. The van der Waals surface area contributed by atoms with Crippen LogP contribution in [0.2, 0.25) is 0 Å². The molecule has 0 radical (unpaired) electrons. The summed E-state index contributed by atoms with van der Waals surface area (Å²) in [5.41, 5.74) is 5.58. The number of piperazine rings is 1. The summed E-state index contributed by atoms with van der Waals surface area (Å²) in [6, 6.07) is 14.7. The van der Waals surface area contributed by atoms with Crippen LogP contribution < -0.4 is 15.5 Å². The minimum absolute atomic E-state index is 0.0468. The third-order valence-corrected chi connectivity index (χ3v) is 5.42. The van der Waals surface area contributed by atoms with Crippen LogP contribution >= 0.6 is 0 Å². The minimum atomic E-state index is 0.0468. The largest absolute Gasteiger partial charge is 0.385 e. The Morgan fingerprint density at radius 3 is 2.43 bits per heavy atom. The maximum absolute atomic E-state index is 12.3. The van der Waals surface area contributed by atoms with Crippen LogP contribution in [0.1, 0.15) is 24.5 Å². The van der Waals surface area contributed by atoms with Gasteiger partial charge in [-0.1, -0.05) is 25.1 Å². The van der Waals surface area contributed by atoms with E-state index in [4.69, 9.17) is 0 Å². The van der Waals surface area contributed by atoms with Crippen LogP contribution in [0.15, 0.2) is 42.5 Å². The summed E-state index contributed by atoms with van der Waals surface area (Å²) >= 11 is 0. The van der Waals surface area contributed by atoms with Gasteiger partial charge in [0.25, 0.3) is 0 Å². The highest BCUT2D eigenvalue weighted by Crippen LogP contribution is 2.22. The van der Waals surface area contributed by atoms with E-state index in [1.807, 2.05) is 19.1 Å². The minimum Gasteiger partial charge on any atom is -0.385 e. The molecule has 3 rings (SSSR count). The number of likely N-dealkylation sites (N-methyl/N-ethyl adjacent to an activating group) is 1. The fourth-order valence-corrected chi connectivity index (χ4v) is 3.58. The van der Waals surface area contributed by atoms with E-state index in [-0.39, 0.29) is 5.91 Å². The molecular weight excluding hydrogens is 348 g/mol. The normalized spacial score (nSPS) is 14.8. The van der Waals surface area contributed by atoms with Gasteiger partial charge in [-0.15, -0.1) is 0 Å². The smallest absolute Gasteiger partial charge is 0.226 e. The number of rotatable bonds is 7. The number of carbonyl (C=O) groups is 1. The van der Waals surface area contributed by atoms with Crippen molar-refractivity contribution in [3.8, 4) is 0 Å². The molecule has 150 valence electrons. The molecule has 1 fully saturated rings. The summed E-state index contributed by atoms with van der Waals surface area (Å²) in [4.78, 5) is 17.1. The van der Waals surface area contributed by atoms with Crippen molar-refractivity contribution in [2.75, 3.05) is 55.3 Å². The second-order valence-electron chi connectivity index (χ2n) is 7.52. The molecular formula is C23H32N4O. The summed E-state index contributed by atoms with van der Waals surface area (Å²) in [5, 5.41) is 6.44. The molecule has 1 heterocycles. The van der Waals surface area contributed by atoms with Crippen molar-refractivity contribution in [3.63, 3.8) is 0 Å². The molecule has 5 heteroatoms. The van der Waals surface area contributed by atoms with Gasteiger partial charge in [0.1, 0.15) is 0 Å². The summed E-state index contributed by atoms with van der Waals surface area (Å²) in [6.07, 6.45) is 1.35. The van der Waals surface area contributed by atoms with Crippen molar-refractivity contribution < 1.29 is 4.79 Å². The Balaban J connectivity index is 1.47. The summed E-state index contributed by atoms with van der Waals surface area (Å²) in [7, 11) is 2.17. The summed E-state index contributed by atoms with van der Waals surface area (Å²) in [5.74, 6) is 0.0468. The second-order valence-corrected chi connectivity index (χ2v) is 7.52. The Bertz CT molecular complexity index is 780. The lowest BCUT2D eigenvalue weighted by atomic mass is 10.1. The number of aryl methyl sites for hydroxylation is 2. The molecule has 0 aromatic heterocycles. The number of hydrogen-bond acceptors (Lipinski definition) is 4. The van der Waals surface area contributed by atoms with Crippen molar-refractivity contribution in [2.24, 2.45) is 0 Å². The molecule has 1 amide bonds. The molecule has 1 saturated heterocycles. The average molecular weight is 381 g/mol. The zero-order chi connectivity index (χ0) is 19.9. The molecule has 1 aliphatic rings. The van der Waals surface area contributed by atoms with Crippen LogP contribution in [0, 0.1) is 6.92 Å². The molecule has 0 unspecified atom stereocenters. The monoisotopic (exact) mass is 380 g/mol. The maximum Gasteiger partial charge on any atom is 0.226 e. The first-order chi connectivity index (χ1) is 13.6. The van der Waals surface area contributed by atoms with Crippen molar-refractivity contribution in [1.29, 1.82) is 0 Å². The van der Waals surface area contributed by atoms with Gasteiger partial charge in [0.2, 0.25) is 5.91 Å². The highest BCUT2D eigenvalue weighted by Gasteiger charge is 2.14. The number of anilines is 3. The Kier molecular flexibility index (Phi) is 6.93. The standard InChI is InChI=1S/C23H32N4O/c1-4-19-7-5-6-18(2)23(19)25-22(28)12-13-24-20-8-10-21(11-9-20)27-16-14-26(3)15-17-27/h5-11,24H,4,12-17H2,1-3H3,(H,25,28). The zero-order valence-corrected chi connectivity index (χ0v) is 17.3. The van der Waals surface area contributed by atoms with Gasteiger partial charge in [-0.2, -0.15) is 0 Å². The number of amides is 1. The van der Waals surface area contributed by atoms with Gasteiger partial charge in [-0.05, 0) is 55.8 Å². The van der Waals surface area contributed by atoms with Crippen LogP contribution in [0.3, 0.4) is 0 Å². The predicted octanol–water partition coefficient (Wildman–Crippen LogP) is 3.75. The molecule has 0 atom stereocenters. The number of para-hydroxylation sites is 1. The number of nitrogens with one attached hydrogen (secondary N) is 2. The maximum atomic E-state index is 12.3. The molecule has 2 aromatic carbocycles. The highest BCUT2D eigenvalue weighted by atomic mass is 16.1. The Labute approximate surface area is 168 Å². The lowest BCUT2D eigenvalue weighted by molar-refractivity contribution is -0.115.